The number of aryl methyl sites for hydroxylation is 1. The lowest BCUT2D eigenvalue weighted by Gasteiger charge is -2.35. The molecule has 0 radical (unpaired) electrons. The van der Waals surface area contributed by atoms with Crippen LogP contribution in [0.1, 0.15) is 42.9 Å². The zero-order chi connectivity index (χ0) is 18.7. The first kappa shape index (κ1) is 18.2. The fraction of sp³-hybridized carbons (Fsp3) is 0.429. The molecule has 2 aromatic rings. The summed E-state index contributed by atoms with van der Waals surface area (Å²) in [4.78, 5) is 13.6. The summed E-state index contributed by atoms with van der Waals surface area (Å²) in [5.74, 6) is 0. The lowest BCUT2D eigenvalue weighted by Crippen LogP contribution is -2.37. The summed E-state index contributed by atoms with van der Waals surface area (Å²) in [7, 11) is 0. The van der Waals surface area contributed by atoms with Gasteiger partial charge >= 0.3 is 0 Å². The standard InChI is InChI=1S/C21H27N3O2/c1-15-7-6-9-19(17(15)3)22-14-18-10-11-20(21(13-18)24(25)26)23-12-5-4-8-16(23)2/h6-7,9-11,13,16,22H,4-5,8,12,14H2,1-3H3/t16-/m0/s1. The van der Waals surface area contributed by atoms with Crippen molar-refractivity contribution in [2.45, 2.75) is 52.6 Å². The van der Waals surface area contributed by atoms with Crippen LogP contribution in [0.5, 0.6) is 0 Å². The zero-order valence-electron chi connectivity index (χ0n) is 15.8. The van der Waals surface area contributed by atoms with Gasteiger partial charge in [-0.05, 0) is 68.9 Å². The minimum atomic E-state index is -0.252. The number of benzene rings is 2. The van der Waals surface area contributed by atoms with Crippen LogP contribution in [0.4, 0.5) is 17.1 Å². The van der Waals surface area contributed by atoms with Crippen molar-refractivity contribution in [3.63, 3.8) is 0 Å². The Hall–Kier alpha value is -2.56. The fourth-order valence-electron chi connectivity index (χ4n) is 3.66. The van der Waals surface area contributed by atoms with Gasteiger partial charge < -0.3 is 10.2 Å². The fourth-order valence-corrected chi connectivity index (χ4v) is 3.66. The van der Waals surface area contributed by atoms with Crippen LogP contribution in [0.3, 0.4) is 0 Å². The Labute approximate surface area is 155 Å². The van der Waals surface area contributed by atoms with Gasteiger partial charge in [-0.1, -0.05) is 18.2 Å². The minimum absolute atomic E-state index is 0.207. The number of nitro benzene ring substituents is 1. The summed E-state index contributed by atoms with van der Waals surface area (Å²) in [6, 6.07) is 12.1. The molecule has 0 unspecified atom stereocenters. The van der Waals surface area contributed by atoms with Gasteiger partial charge in [-0.3, -0.25) is 10.1 Å². The van der Waals surface area contributed by atoms with E-state index in [-0.39, 0.29) is 10.6 Å². The maximum atomic E-state index is 11.7. The lowest BCUT2D eigenvalue weighted by atomic mass is 10.0. The molecule has 2 aromatic carbocycles. The first-order chi connectivity index (χ1) is 12.5. The largest absolute Gasteiger partial charge is 0.381 e. The maximum absolute atomic E-state index is 11.7. The molecule has 0 bridgehead atoms. The molecule has 1 atom stereocenters. The lowest BCUT2D eigenvalue weighted by molar-refractivity contribution is -0.384. The molecule has 138 valence electrons. The highest BCUT2D eigenvalue weighted by atomic mass is 16.6. The van der Waals surface area contributed by atoms with Crippen LogP contribution in [-0.2, 0) is 6.54 Å². The van der Waals surface area contributed by atoms with Crippen molar-refractivity contribution in [2.75, 3.05) is 16.8 Å². The quantitative estimate of drug-likeness (QED) is 0.593. The van der Waals surface area contributed by atoms with Gasteiger partial charge in [0.2, 0.25) is 0 Å². The Kier molecular flexibility index (Phi) is 5.45. The molecule has 1 heterocycles. The molecule has 0 spiro atoms. The molecular weight excluding hydrogens is 326 g/mol. The number of rotatable bonds is 5. The predicted molar refractivity (Wildman–Crippen MR) is 107 cm³/mol. The molecule has 0 aromatic heterocycles. The molecule has 0 saturated carbocycles. The number of nitrogens with one attached hydrogen (secondary N) is 1. The van der Waals surface area contributed by atoms with E-state index in [9.17, 15) is 10.1 Å². The van der Waals surface area contributed by atoms with Crippen LogP contribution in [-0.4, -0.2) is 17.5 Å². The highest BCUT2D eigenvalue weighted by molar-refractivity contribution is 5.65. The van der Waals surface area contributed by atoms with Crippen molar-refractivity contribution < 1.29 is 4.92 Å². The average Bonchev–Trinajstić information content (AvgIpc) is 2.63. The SMILES string of the molecule is Cc1cccc(NCc2ccc(N3CCCC[C@@H]3C)c([N+](=O)[O-])c2)c1C. The summed E-state index contributed by atoms with van der Waals surface area (Å²) < 4.78 is 0. The zero-order valence-corrected chi connectivity index (χ0v) is 15.8. The van der Waals surface area contributed by atoms with Crippen LogP contribution in [0.2, 0.25) is 0 Å². The van der Waals surface area contributed by atoms with Gasteiger partial charge in [0.25, 0.3) is 5.69 Å². The van der Waals surface area contributed by atoms with Crippen LogP contribution in [0.15, 0.2) is 36.4 Å². The van der Waals surface area contributed by atoms with Crippen molar-refractivity contribution in [1.82, 2.24) is 0 Å². The summed E-state index contributed by atoms with van der Waals surface area (Å²) in [6.45, 7) is 7.78. The molecule has 1 N–H and O–H groups in total. The number of nitrogens with zero attached hydrogens (tertiary/aromatic N) is 2. The van der Waals surface area contributed by atoms with Crippen molar-refractivity contribution >= 4 is 17.1 Å². The second-order valence-electron chi connectivity index (χ2n) is 7.22. The van der Waals surface area contributed by atoms with E-state index >= 15 is 0 Å². The summed E-state index contributed by atoms with van der Waals surface area (Å²) >= 11 is 0. The van der Waals surface area contributed by atoms with Crippen LogP contribution < -0.4 is 10.2 Å². The van der Waals surface area contributed by atoms with Crippen LogP contribution >= 0.6 is 0 Å². The van der Waals surface area contributed by atoms with E-state index in [1.54, 1.807) is 6.07 Å². The molecular formula is C21H27N3O2. The van der Waals surface area contributed by atoms with Crippen molar-refractivity contribution in [3.05, 3.63) is 63.2 Å². The first-order valence-corrected chi connectivity index (χ1v) is 9.31. The smallest absolute Gasteiger partial charge is 0.292 e. The van der Waals surface area contributed by atoms with Gasteiger partial charge in [0.1, 0.15) is 5.69 Å². The third-order valence-corrected chi connectivity index (χ3v) is 5.44. The Morgan fingerprint density at radius 3 is 2.77 bits per heavy atom. The van der Waals surface area contributed by atoms with E-state index in [4.69, 9.17) is 0 Å². The number of hydrogen-bond acceptors (Lipinski definition) is 4. The summed E-state index contributed by atoms with van der Waals surface area (Å²) in [6.07, 6.45) is 3.38. The van der Waals surface area contributed by atoms with Gasteiger partial charge in [0.15, 0.2) is 0 Å². The van der Waals surface area contributed by atoms with Crippen LogP contribution in [0.25, 0.3) is 0 Å². The molecule has 1 fully saturated rings. The molecule has 1 saturated heterocycles. The molecule has 1 aliphatic rings. The van der Waals surface area contributed by atoms with Crippen molar-refractivity contribution in [2.24, 2.45) is 0 Å². The van der Waals surface area contributed by atoms with E-state index in [2.05, 4.69) is 37.1 Å². The van der Waals surface area contributed by atoms with E-state index in [1.807, 2.05) is 24.3 Å². The van der Waals surface area contributed by atoms with Gasteiger partial charge in [0, 0.05) is 30.9 Å². The van der Waals surface area contributed by atoms with E-state index in [0.717, 1.165) is 36.3 Å². The molecule has 5 heteroatoms. The number of piperidine rings is 1. The second kappa shape index (κ2) is 7.77. The normalized spacial score (nSPS) is 17.2. The number of anilines is 2. The monoisotopic (exact) mass is 353 g/mol. The van der Waals surface area contributed by atoms with E-state index < -0.39 is 0 Å². The predicted octanol–water partition coefficient (Wildman–Crippen LogP) is 5.20. The van der Waals surface area contributed by atoms with E-state index in [1.165, 1.54) is 17.5 Å². The van der Waals surface area contributed by atoms with Gasteiger partial charge in [0.05, 0.1) is 4.92 Å². The number of hydrogen-bond donors (Lipinski definition) is 1. The van der Waals surface area contributed by atoms with Crippen molar-refractivity contribution in [3.8, 4) is 0 Å². The summed E-state index contributed by atoms with van der Waals surface area (Å²) in [5.41, 5.74) is 5.39. The Morgan fingerprint density at radius 2 is 2.04 bits per heavy atom. The van der Waals surface area contributed by atoms with Gasteiger partial charge in [-0.25, -0.2) is 0 Å². The molecule has 1 aliphatic heterocycles. The third kappa shape index (κ3) is 3.82. The summed E-state index contributed by atoms with van der Waals surface area (Å²) in [5, 5.41) is 15.1. The van der Waals surface area contributed by atoms with E-state index in [0.29, 0.717) is 12.6 Å². The second-order valence-corrected chi connectivity index (χ2v) is 7.22. The highest BCUT2D eigenvalue weighted by Crippen LogP contribution is 2.34. The third-order valence-electron chi connectivity index (χ3n) is 5.44. The Balaban J connectivity index is 1.82. The highest BCUT2D eigenvalue weighted by Gasteiger charge is 2.25. The maximum Gasteiger partial charge on any atom is 0.292 e. The first-order valence-electron chi connectivity index (χ1n) is 9.31. The molecule has 26 heavy (non-hydrogen) atoms. The molecule has 3 rings (SSSR count). The van der Waals surface area contributed by atoms with Crippen LogP contribution in [0, 0.1) is 24.0 Å². The van der Waals surface area contributed by atoms with Crippen molar-refractivity contribution in [1.29, 1.82) is 0 Å². The molecule has 0 amide bonds. The van der Waals surface area contributed by atoms with Gasteiger partial charge in [-0.2, -0.15) is 0 Å². The molecule has 5 nitrogen and oxygen atoms in total. The number of nitro groups is 1. The van der Waals surface area contributed by atoms with Gasteiger partial charge in [-0.15, -0.1) is 0 Å². The minimum Gasteiger partial charge on any atom is -0.381 e. The Morgan fingerprint density at radius 1 is 1.23 bits per heavy atom. The molecule has 0 aliphatic carbocycles. The average molecular weight is 353 g/mol. The topological polar surface area (TPSA) is 58.4 Å². The Bertz CT molecular complexity index is 804.